The Morgan fingerprint density at radius 1 is 1.48 bits per heavy atom. The summed E-state index contributed by atoms with van der Waals surface area (Å²) in [4.78, 5) is 9.84. The third-order valence-corrected chi connectivity index (χ3v) is 5.24. The normalized spacial score (nSPS) is 16.5. The number of nitro groups is 1. The Morgan fingerprint density at radius 2 is 2.14 bits per heavy atom. The zero-order chi connectivity index (χ0) is 15.6. The Labute approximate surface area is 122 Å². The Kier molecular flexibility index (Phi) is 4.43. The summed E-state index contributed by atoms with van der Waals surface area (Å²) in [6.45, 7) is 2.84. The number of hydrogen-bond donors (Lipinski definition) is 1. The minimum Gasteiger partial charge on any atom is -0.382 e. The first-order valence-electron chi connectivity index (χ1n) is 6.49. The van der Waals surface area contributed by atoms with Crippen LogP contribution in [0.1, 0.15) is 6.92 Å². The summed E-state index contributed by atoms with van der Waals surface area (Å²) in [5.41, 5.74) is -0.126. The van der Waals surface area contributed by atoms with Gasteiger partial charge in [0.2, 0.25) is 10.0 Å². The average Bonchev–Trinajstić information content (AvgIpc) is 2.38. The largest absolute Gasteiger partial charge is 0.382 e. The van der Waals surface area contributed by atoms with Crippen molar-refractivity contribution < 1.29 is 17.7 Å². The molecular weight excluding hydrogens is 301 g/mol. The number of nitrogens with zero attached hydrogens (tertiary/aromatic N) is 2. The van der Waals surface area contributed by atoms with Gasteiger partial charge in [-0.2, -0.15) is 0 Å². The Balaban J connectivity index is 1.87. The molecule has 116 valence electrons. The molecule has 7 nitrogen and oxygen atoms in total. The van der Waals surface area contributed by atoms with Crippen LogP contribution >= 0.6 is 0 Å². The van der Waals surface area contributed by atoms with Crippen LogP contribution in [0.2, 0.25) is 0 Å². The number of nitro benzene ring substituents is 1. The van der Waals surface area contributed by atoms with Crippen molar-refractivity contribution in [3.63, 3.8) is 0 Å². The third-order valence-electron chi connectivity index (χ3n) is 3.43. The number of nitrogens with one attached hydrogen (secondary N) is 1. The molecule has 1 aromatic carbocycles. The summed E-state index contributed by atoms with van der Waals surface area (Å²) in [7, 11) is -3.14. The van der Waals surface area contributed by atoms with Gasteiger partial charge < -0.3 is 5.32 Å². The summed E-state index contributed by atoms with van der Waals surface area (Å²) >= 11 is 0. The highest BCUT2D eigenvalue weighted by Gasteiger charge is 2.34. The molecule has 0 atom stereocenters. The van der Waals surface area contributed by atoms with E-state index in [1.54, 1.807) is 6.92 Å². The van der Waals surface area contributed by atoms with Gasteiger partial charge in [-0.05, 0) is 13.0 Å². The first kappa shape index (κ1) is 15.6. The van der Waals surface area contributed by atoms with Crippen LogP contribution in [0.4, 0.5) is 15.8 Å². The lowest BCUT2D eigenvalue weighted by Gasteiger charge is -2.38. The molecule has 2 rings (SSSR count). The highest BCUT2D eigenvalue weighted by atomic mass is 32.2. The molecule has 0 aromatic heterocycles. The van der Waals surface area contributed by atoms with Crippen LogP contribution in [0.5, 0.6) is 0 Å². The number of hydrogen-bond acceptors (Lipinski definition) is 5. The van der Waals surface area contributed by atoms with E-state index in [9.17, 15) is 22.9 Å². The molecule has 1 aromatic rings. The maximum absolute atomic E-state index is 13.6. The van der Waals surface area contributed by atoms with Crippen molar-refractivity contribution in [2.24, 2.45) is 5.92 Å². The zero-order valence-electron chi connectivity index (χ0n) is 11.5. The van der Waals surface area contributed by atoms with Gasteiger partial charge in [0.1, 0.15) is 0 Å². The molecule has 0 radical (unpaired) electrons. The zero-order valence-corrected chi connectivity index (χ0v) is 12.3. The Bertz CT molecular complexity index is 644. The van der Waals surface area contributed by atoms with E-state index in [1.807, 2.05) is 0 Å². The lowest BCUT2D eigenvalue weighted by molar-refractivity contribution is -0.385. The van der Waals surface area contributed by atoms with E-state index in [0.717, 1.165) is 6.07 Å². The summed E-state index contributed by atoms with van der Waals surface area (Å²) in [5, 5.41) is 13.4. The smallest absolute Gasteiger partial charge is 0.272 e. The van der Waals surface area contributed by atoms with E-state index in [1.165, 1.54) is 16.4 Å². The summed E-state index contributed by atoms with van der Waals surface area (Å²) in [6.07, 6.45) is 0. The first-order chi connectivity index (χ1) is 9.83. The molecule has 0 aliphatic carbocycles. The van der Waals surface area contributed by atoms with E-state index >= 15 is 0 Å². The van der Waals surface area contributed by atoms with Crippen LogP contribution in [-0.2, 0) is 10.0 Å². The number of halogens is 1. The van der Waals surface area contributed by atoms with Crippen LogP contribution < -0.4 is 5.32 Å². The van der Waals surface area contributed by atoms with Gasteiger partial charge in [0.05, 0.1) is 22.4 Å². The van der Waals surface area contributed by atoms with Gasteiger partial charge in [0.15, 0.2) is 5.82 Å². The maximum Gasteiger partial charge on any atom is 0.272 e. The molecule has 0 bridgehead atoms. The molecule has 1 fully saturated rings. The van der Waals surface area contributed by atoms with Crippen molar-refractivity contribution in [1.29, 1.82) is 0 Å². The highest BCUT2D eigenvalue weighted by molar-refractivity contribution is 7.89. The predicted molar refractivity (Wildman–Crippen MR) is 76.1 cm³/mol. The predicted octanol–water partition coefficient (Wildman–Crippen LogP) is 1.43. The second-order valence-corrected chi connectivity index (χ2v) is 7.14. The molecule has 0 spiro atoms. The SMILES string of the molecule is CCS(=O)(=O)N1CC(CNc2ccc([N+](=O)[O-])cc2F)C1. The van der Waals surface area contributed by atoms with Crippen LogP contribution in [0.3, 0.4) is 0 Å². The van der Waals surface area contributed by atoms with Crippen LogP contribution in [0, 0.1) is 21.8 Å². The number of non-ortho nitro benzene ring substituents is 1. The van der Waals surface area contributed by atoms with Gasteiger partial charge in [0.25, 0.3) is 5.69 Å². The minimum atomic E-state index is -3.14. The van der Waals surface area contributed by atoms with Gasteiger partial charge in [-0.15, -0.1) is 0 Å². The van der Waals surface area contributed by atoms with Gasteiger partial charge in [-0.3, -0.25) is 10.1 Å². The molecule has 1 saturated heterocycles. The highest BCUT2D eigenvalue weighted by Crippen LogP contribution is 2.23. The fraction of sp³-hybridized carbons (Fsp3) is 0.500. The average molecular weight is 317 g/mol. The number of anilines is 1. The molecular formula is C12H16FN3O4S. The second-order valence-electron chi connectivity index (χ2n) is 4.89. The molecule has 9 heteroatoms. The quantitative estimate of drug-likeness (QED) is 0.633. The standard InChI is InChI=1S/C12H16FN3O4S/c1-2-21(19,20)15-7-9(8-15)6-14-12-4-3-10(16(17)18)5-11(12)13/h3-5,9,14H,2,6-8H2,1H3. The molecule has 0 unspecified atom stereocenters. The topological polar surface area (TPSA) is 92.6 Å². The lowest BCUT2D eigenvalue weighted by atomic mass is 10.0. The van der Waals surface area contributed by atoms with Crippen molar-refractivity contribution in [3.05, 3.63) is 34.1 Å². The van der Waals surface area contributed by atoms with Gasteiger partial charge in [-0.1, -0.05) is 0 Å². The van der Waals surface area contributed by atoms with E-state index < -0.39 is 20.8 Å². The molecule has 21 heavy (non-hydrogen) atoms. The molecule has 1 N–H and O–H groups in total. The number of sulfonamides is 1. The lowest BCUT2D eigenvalue weighted by Crippen LogP contribution is -2.52. The van der Waals surface area contributed by atoms with Crippen molar-refractivity contribution in [2.75, 3.05) is 30.7 Å². The van der Waals surface area contributed by atoms with Crippen LogP contribution in [0.25, 0.3) is 0 Å². The monoisotopic (exact) mass is 317 g/mol. The van der Waals surface area contributed by atoms with Crippen molar-refractivity contribution in [3.8, 4) is 0 Å². The maximum atomic E-state index is 13.6. The van der Waals surface area contributed by atoms with Crippen LogP contribution in [-0.4, -0.2) is 43.0 Å². The van der Waals surface area contributed by atoms with E-state index in [4.69, 9.17) is 0 Å². The summed E-state index contributed by atoms with van der Waals surface area (Å²) in [5.74, 6) is -0.507. The molecule has 1 aliphatic rings. The van der Waals surface area contributed by atoms with E-state index in [-0.39, 0.29) is 23.0 Å². The fourth-order valence-corrected chi connectivity index (χ4v) is 3.32. The Morgan fingerprint density at radius 3 is 2.67 bits per heavy atom. The summed E-state index contributed by atoms with van der Waals surface area (Å²) < 4.78 is 38.1. The molecule has 1 heterocycles. The number of rotatable bonds is 6. The second kappa shape index (κ2) is 5.94. The van der Waals surface area contributed by atoms with E-state index in [0.29, 0.717) is 19.6 Å². The number of benzene rings is 1. The van der Waals surface area contributed by atoms with Gasteiger partial charge in [0, 0.05) is 31.6 Å². The van der Waals surface area contributed by atoms with Gasteiger partial charge >= 0.3 is 0 Å². The minimum absolute atomic E-state index is 0.0735. The van der Waals surface area contributed by atoms with Crippen molar-refractivity contribution >= 4 is 21.4 Å². The first-order valence-corrected chi connectivity index (χ1v) is 8.10. The Hall–Kier alpha value is -1.74. The fourth-order valence-electron chi connectivity index (χ4n) is 2.08. The van der Waals surface area contributed by atoms with Crippen molar-refractivity contribution in [1.82, 2.24) is 4.31 Å². The van der Waals surface area contributed by atoms with Gasteiger partial charge in [-0.25, -0.2) is 17.1 Å². The van der Waals surface area contributed by atoms with E-state index in [2.05, 4.69) is 5.32 Å². The molecule has 0 amide bonds. The third kappa shape index (κ3) is 3.48. The summed E-state index contributed by atoms with van der Waals surface area (Å²) in [6, 6.07) is 3.39. The molecule has 0 saturated carbocycles. The van der Waals surface area contributed by atoms with Crippen molar-refractivity contribution in [2.45, 2.75) is 6.92 Å². The van der Waals surface area contributed by atoms with Crippen LogP contribution in [0.15, 0.2) is 18.2 Å². The molecule has 1 aliphatic heterocycles.